The van der Waals surface area contributed by atoms with E-state index in [2.05, 4.69) is 6.07 Å². The molecule has 4 heteroatoms. The van der Waals surface area contributed by atoms with Gasteiger partial charge in [-0.25, -0.2) is 0 Å². The van der Waals surface area contributed by atoms with Crippen LogP contribution in [0.15, 0.2) is 18.2 Å². The molecule has 4 nitrogen and oxygen atoms in total. The normalized spacial score (nSPS) is 19.1. The average molecular weight is 216 g/mol. The van der Waals surface area contributed by atoms with Crippen molar-refractivity contribution in [1.82, 2.24) is 0 Å². The highest BCUT2D eigenvalue weighted by molar-refractivity contribution is 6.06. The number of carbonyl (C=O) groups is 1. The van der Waals surface area contributed by atoms with Gasteiger partial charge in [0.1, 0.15) is 5.75 Å². The van der Waals surface area contributed by atoms with Crippen LogP contribution in [-0.2, 0) is 0 Å². The molecule has 0 aliphatic carbocycles. The molecule has 1 atom stereocenters. The second-order valence-corrected chi connectivity index (χ2v) is 3.93. The van der Waals surface area contributed by atoms with Crippen molar-refractivity contribution >= 4 is 11.5 Å². The fourth-order valence-electron chi connectivity index (χ4n) is 2.07. The number of aromatic hydroxyl groups is 1. The molecule has 1 aliphatic rings. The Labute approximate surface area is 93.7 Å². The van der Waals surface area contributed by atoms with Gasteiger partial charge in [0.15, 0.2) is 5.78 Å². The fraction of sp³-hybridized carbons (Fsp3) is 0.333. The Hall–Kier alpha value is -2.02. The van der Waals surface area contributed by atoms with Crippen LogP contribution in [0.2, 0.25) is 0 Å². The number of phenols is 1. The molecule has 0 spiro atoms. The minimum absolute atomic E-state index is 0.0183. The van der Waals surface area contributed by atoms with E-state index in [1.54, 1.807) is 12.1 Å². The highest BCUT2D eigenvalue weighted by Crippen LogP contribution is 2.35. The zero-order chi connectivity index (χ0) is 11.7. The van der Waals surface area contributed by atoms with Gasteiger partial charge in [-0.2, -0.15) is 5.26 Å². The van der Waals surface area contributed by atoms with E-state index >= 15 is 0 Å². The van der Waals surface area contributed by atoms with Crippen molar-refractivity contribution in [3.63, 3.8) is 0 Å². The van der Waals surface area contributed by atoms with Crippen molar-refractivity contribution < 1.29 is 9.90 Å². The lowest BCUT2D eigenvalue weighted by molar-refractivity contribution is 0.0965. The van der Waals surface area contributed by atoms with E-state index in [-0.39, 0.29) is 24.0 Å². The Balaban J connectivity index is 2.48. The second kappa shape index (κ2) is 3.86. The largest absolute Gasteiger partial charge is 0.507 e. The number of hydrogen-bond donors (Lipinski definition) is 1. The summed E-state index contributed by atoms with van der Waals surface area (Å²) in [5.41, 5.74) is 1.08. The monoisotopic (exact) mass is 216 g/mol. The molecule has 0 saturated heterocycles. The second-order valence-electron chi connectivity index (χ2n) is 3.93. The molecule has 0 amide bonds. The van der Waals surface area contributed by atoms with Crippen LogP contribution >= 0.6 is 0 Å². The minimum atomic E-state index is -0.0913. The lowest BCUT2D eigenvalue weighted by Gasteiger charge is -2.34. The van der Waals surface area contributed by atoms with Gasteiger partial charge in [0, 0.05) is 19.5 Å². The summed E-state index contributed by atoms with van der Waals surface area (Å²) in [5, 5.41) is 18.3. The highest BCUT2D eigenvalue weighted by Gasteiger charge is 2.30. The first-order valence-electron chi connectivity index (χ1n) is 5.10. The minimum Gasteiger partial charge on any atom is -0.507 e. The molecule has 1 heterocycles. The van der Waals surface area contributed by atoms with E-state index in [0.29, 0.717) is 17.7 Å². The summed E-state index contributed by atoms with van der Waals surface area (Å²) in [6.45, 7) is 0. The molecular formula is C12H12N2O2. The van der Waals surface area contributed by atoms with Gasteiger partial charge in [0.25, 0.3) is 0 Å². The van der Waals surface area contributed by atoms with E-state index < -0.39 is 0 Å². The summed E-state index contributed by atoms with van der Waals surface area (Å²) < 4.78 is 0. The molecule has 0 fully saturated rings. The zero-order valence-electron chi connectivity index (χ0n) is 8.97. The molecule has 1 aromatic carbocycles. The van der Waals surface area contributed by atoms with Crippen LogP contribution in [0.4, 0.5) is 5.69 Å². The van der Waals surface area contributed by atoms with Crippen LogP contribution in [0.25, 0.3) is 0 Å². The molecule has 82 valence electrons. The molecule has 0 bridgehead atoms. The smallest absolute Gasteiger partial charge is 0.170 e. The maximum Gasteiger partial charge on any atom is 0.170 e. The summed E-state index contributed by atoms with van der Waals surface area (Å²) in [4.78, 5) is 13.7. The van der Waals surface area contributed by atoms with Gasteiger partial charge in [-0.05, 0) is 12.1 Å². The molecule has 1 N–H and O–H groups in total. The van der Waals surface area contributed by atoms with Gasteiger partial charge in [0.2, 0.25) is 0 Å². The van der Waals surface area contributed by atoms with Crippen molar-refractivity contribution in [3.05, 3.63) is 23.8 Å². The van der Waals surface area contributed by atoms with E-state index in [9.17, 15) is 9.90 Å². The number of nitriles is 1. The Morgan fingerprint density at radius 3 is 3.06 bits per heavy atom. The standard InChI is InChI=1S/C12H12N2O2/c1-14-8(5-6-13)7-11(16)12-9(14)3-2-4-10(12)15/h2-4,8,15H,5,7H2,1H3. The summed E-state index contributed by atoms with van der Waals surface area (Å²) in [5.74, 6) is -0.0730. The maximum atomic E-state index is 11.8. The summed E-state index contributed by atoms with van der Waals surface area (Å²) in [6.07, 6.45) is 0.603. The third-order valence-electron chi connectivity index (χ3n) is 2.97. The van der Waals surface area contributed by atoms with Crippen LogP contribution < -0.4 is 4.90 Å². The first-order chi connectivity index (χ1) is 7.65. The van der Waals surface area contributed by atoms with Crippen LogP contribution in [-0.4, -0.2) is 24.0 Å². The van der Waals surface area contributed by atoms with Gasteiger partial charge in [-0.1, -0.05) is 6.07 Å². The Kier molecular flexibility index (Phi) is 2.53. The molecule has 0 radical (unpaired) electrons. The first-order valence-corrected chi connectivity index (χ1v) is 5.10. The number of carbonyl (C=O) groups excluding carboxylic acids is 1. The molecule has 0 aromatic heterocycles. The molecule has 0 saturated carbocycles. The lowest BCUT2D eigenvalue weighted by atomic mass is 9.93. The third kappa shape index (κ3) is 1.50. The summed E-state index contributed by atoms with van der Waals surface area (Å²) >= 11 is 0. The molecule has 2 rings (SSSR count). The number of hydrogen-bond acceptors (Lipinski definition) is 4. The molecule has 16 heavy (non-hydrogen) atoms. The van der Waals surface area contributed by atoms with Gasteiger partial charge >= 0.3 is 0 Å². The molecule has 1 aliphatic heterocycles. The topological polar surface area (TPSA) is 64.3 Å². The van der Waals surface area contributed by atoms with E-state index in [1.165, 1.54) is 6.07 Å². The lowest BCUT2D eigenvalue weighted by Crippen LogP contribution is -2.38. The van der Waals surface area contributed by atoms with Gasteiger partial charge < -0.3 is 10.0 Å². The van der Waals surface area contributed by atoms with Crippen molar-refractivity contribution in [1.29, 1.82) is 5.26 Å². The Morgan fingerprint density at radius 1 is 1.62 bits per heavy atom. The quantitative estimate of drug-likeness (QED) is 0.776. The molecule has 1 aromatic rings. The number of nitrogens with zero attached hydrogens (tertiary/aromatic N) is 2. The number of Topliss-reactive ketones (excluding diaryl/α,β-unsaturated/α-hetero) is 1. The number of fused-ring (bicyclic) bond motifs is 1. The van der Waals surface area contributed by atoms with Crippen LogP contribution in [0.5, 0.6) is 5.75 Å². The number of anilines is 1. The van der Waals surface area contributed by atoms with Crippen molar-refractivity contribution in [2.75, 3.05) is 11.9 Å². The summed E-state index contributed by atoms with van der Waals surface area (Å²) in [6, 6.07) is 6.98. The van der Waals surface area contributed by atoms with Crippen molar-refractivity contribution in [2.24, 2.45) is 0 Å². The van der Waals surface area contributed by atoms with Crippen LogP contribution in [0.1, 0.15) is 23.2 Å². The first kappa shape index (κ1) is 10.5. The SMILES string of the molecule is CN1c2cccc(O)c2C(=O)CC1CC#N. The molecule has 1 unspecified atom stereocenters. The van der Waals surface area contributed by atoms with Gasteiger partial charge in [-0.3, -0.25) is 4.79 Å². The number of rotatable bonds is 1. The van der Waals surface area contributed by atoms with Crippen molar-refractivity contribution in [3.8, 4) is 11.8 Å². The zero-order valence-corrected chi connectivity index (χ0v) is 8.97. The van der Waals surface area contributed by atoms with Crippen LogP contribution in [0, 0.1) is 11.3 Å². The molecular weight excluding hydrogens is 204 g/mol. The Morgan fingerprint density at radius 2 is 2.38 bits per heavy atom. The van der Waals surface area contributed by atoms with Crippen molar-refractivity contribution in [2.45, 2.75) is 18.9 Å². The van der Waals surface area contributed by atoms with Crippen LogP contribution in [0.3, 0.4) is 0 Å². The fourth-order valence-corrected chi connectivity index (χ4v) is 2.07. The predicted molar refractivity (Wildman–Crippen MR) is 59.5 cm³/mol. The number of ketones is 1. The van der Waals surface area contributed by atoms with Gasteiger partial charge in [-0.15, -0.1) is 0 Å². The third-order valence-corrected chi connectivity index (χ3v) is 2.97. The number of phenolic OH excluding ortho intramolecular Hbond substituents is 1. The summed E-state index contributed by atoms with van der Waals surface area (Å²) in [7, 11) is 1.84. The van der Waals surface area contributed by atoms with Gasteiger partial charge in [0.05, 0.1) is 23.7 Å². The highest BCUT2D eigenvalue weighted by atomic mass is 16.3. The average Bonchev–Trinajstić information content (AvgIpc) is 2.25. The van der Waals surface area contributed by atoms with E-state index in [0.717, 1.165) is 0 Å². The van der Waals surface area contributed by atoms with E-state index in [4.69, 9.17) is 5.26 Å². The Bertz CT molecular complexity index is 476. The number of benzene rings is 1. The van der Waals surface area contributed by atoms with E-state index in [1.807, 2.05) is 11.9 Å². The predicted octanol–water partition coefficient (Wildman–Crippen LogP) is 1.70. The maximum absolute atomic E-state index is 11.8.